The molecule has 2 nitrogen and oxygen atoms in total. The molecule has 0 bridgehead atoms. The molecule has 1 aromatic carbocycles. The van der Waals surface area contributed by atoms with Gasteiger partial charge in [-0.2, -0.15) is 0 Å². The van der Waals surface area contributed by atoms with E-state index >= 15 is 0 Å². The Balaban J connectivity index is 2.46. The van der Waals surface area contributed by atoms with Crippen LogP contribution in [0.4, 0.5) is 0 Å². The van der Waals surface area contributed by atoms with Gasteiger partial charge in [-0.1, -0.05) is 25.1 Å². The zero-order chi connectivity index (χ0) is 14.7. The van der Waals surface area contributed by atoms with Crippen molar-refractivity contribution < 1.29 is 0 Å². The lowest BCUT2D eigenvalue weighted by Crippen LogP contribution is -2.22. The largest absolute Gasteiger partial charge is 0.307 e. The number of nitrogens with zero attached hydrogens (tertiary/aromatic N) is 1. The van der Waals surface area contributed by atoms with Gasteiger partial charge >= 0.3 is 0 Å². The first-order valence-electron chi connectivity index (χ1n) is 7.27. The van der Waals surface area contributed by atoms with E-state index < -0.39 is 0 Å². The number of benzene rings is 1. The van der Waals surface area contributed by atoms with Crippen molar-refractivity contribution in [2.75, 3.05) is 6.54 Å². The van der Waals surface area contributed by atoms with Gasteiger partial charge in [-0.15, -0.1) is 0 Å². The number of nitrogens with one attached hydrogen (secondary N) is 1. The molecule has 0 saturated carbocycles. The van der Waals surface area contributed by atoms with Crippen LogP contribution in [0.1, 0.15) is 46.6 Å². The van der Waals surface area contributed by atoms with Gasteiger partial charge in [0.25, 0.3) is 0 Å². The summed E-state index contributed by atoms with van der Waals surface area (Å²) in [5, 5.41) is 3.59. The highest BCUT2D eigenvalue weighted by molar-refractivity contribution is 5.38. The molecule has 20 heavy (non-hydrogen) atoms. The predicted octanol–water partition coefficient (Wildman–Crippen LogP) is 4.01. The molecule has 0 aliphatic carbocycles. The van der Waals surface area contributed by atoms with Crippen LogP contribution in [0.25, 0.3) is 0 Å². The van der Waals surface area contributed by atoms with E-state index in [0.717, 1.165) is 17.9 Å². The summed E-state index contributed by atoms with van der Waals surface area (Å²) < 4.78 is 0. The third-order valence-electron chi connectivity index (χ3n) is 3.71. The van der Waals surface area contributed by atoms with Crippen LogP contribution >= 0.6 is 0 Å². The Labute approximate surface area is 122 Å². The second-order valence-corrected chi connectivity index (χ2v) is 5.52. The summed E-state index contributed by atoms with van der Waals surface area (Å²) in [7, 11) is 0. The van der Waals surface area contributed by atoms with Crippen molar-refractivity contribution in [2.45, 2.75) is 40.7 Å². The van der Waals surface area contributed by atoms with Crippen molar-refractivity contribution in [1.29, 1.82) is 0 Å². The Morgan fingerprint density at radius 1 is 0.900 bits per heavy atom. The molecule has 0 aliphatic rings. The molecule has 0 fully saturated rings. The van der Waals surface area contributed by atoms with Gasteiger partial charge in [0, 0.05) is 11.4 Å². The Hall–Kier alpha value is -1.67. The predicted molar refractivity (Wildman–Crippen MR) is 85.1 cm³/mol. The van der Waals surface area contributed by atoms with E-state index in [1.54, 1.807) is 0 Å². The maximum atomic E-state index is 4.47. The van der Waals surface area contributed by atoms with E-state index in [2.05, 4.69) is 75.3 Å². The quantitative estimate of drug-likeness (QED) is 0.906. The number of aromatic nitrogens is 1. The highest BCUT2D eigenvalue weighted by Gasteiger charge is 2.14. The minimum atomic E-state index is 0.236. The van der Waals surface area contributed by atoms with Gasteiger partial charge in [0.2, 0.25) is 0 Å². The molecular weight excluding hydrogens is 244 g/mol. The summed E-state index contributed by atoms with van der Waals surface area (Å²) in [4.78, 5) is 4.47. The van der Waals surface area contributed by atoms with E-state index in [1.165, 1.54) is 22.3 Å². The van der Waals surface area contributed by atoms with Crippen molar-refractivity contribution >= 4 is 0 Å². The molecule has 106 valence electrons. The van der Waals surface area contributed by atoms with Crippen LogP contribution in [-0.4, -0.2) is 11.5 Å². The second kappa shape index (κ2) is 6.19. The topological polar surface area (TPSA) is 24.9 Å². The summed E-state index contributed by atoms with van der Waals surface area (Å²) in [6.45, 7) is 11.5. The van der Waals surface area contributed by atoms with Crippen LogP contribution in [0, 0.1) is 27.7 Å². The molecule has 0 radical (unpaired) electrons. The van der Waals surface area contributed by atoms with Crippen molar-refractivity contribution in [3.8, 4) is 0 Å². The molecule has 1 N–H and O–H groups in total. The fourth-order valence-electron chi connectivity index (χ4n) is 2.61. The summed E-state index contributed by atoms with van der Waals surface area (Å²) in [6.07, 6.45) is 0. The summed E-state index contributed by atoms with van der Waals surface area (Å²) >= 11 is 0. The Morgan fingerprint density at radius 2 is 1.55 bits per heavy atom. The van der Waals surface area contributed by atoms with Gasteiger partial charge < -0.3 is 5.32 Å². The van der Waals surface area contributed by atoms with Gasteiger partial charge in [-0.3, -0.25) is 4.98 Å². The molecule has 0 saturated heterocycles. The number of aryl methyl sites for hydroxylation is 4. The van der Waals surface area contributed by atoms with E-state index in [-0.39, 0.29) is 6.04 Å². The fraction of sp³-hybridized carbons (Fsp3) is 0.389. The SMILES string of the molecule is CCNC(c1cc(C)nc(C)c1)c1ccc(C)c(C)c1. The van der Waals surface area contributed by atoms with Crippen LogP contribution in [-0.2, 0) is 0 Å². The molecular formula is C18H24N2. The lowest BCUT2D eigenvalue weighted by Gasteiger charge is -2.21. The lowest BCUT2D eigenvalue weighted by molar-refractivity contribution is 0.628. The third kappa shape index (κ3) is 3.26. The van der Waals surface area contributed by atoms with Crippen LogP contribution in [0.2, 0.25) is 0 Å². The van der Waals surface area contributed by atoms with Crippen LogP contribution < -0.4 is 5.32 Å². The highest BCUT2D eigenvalue weighted by atomic mass is 14.9. The van der Waals surface area contributed by atoms with Gasteiger partial charge in [0.1, 0.15) is 0 Å². The smallest absolute Gasteiger partial charge is 0.0578 e. The highest BCUT2D eigenvalue weighted by Crippen LogP contribution is 2.25. The number of rotatable bonds is 4. The van der Waals surface area contributed by atoms with Crippen molar-refractivity contribution in [2.24, 2.45) is 0 Å². The molecule has 2 heteroatoms. The van der Waals surface area contributed by atoms with Crippen molar-refractivity contribution in [3.05, 3.63) is 64.0 Å². The van der Waals surface area contributed by atoms with E-state index in [0.29, 0.717) is 0 Å². The fourth-order valence-corrected chi connectivity index (χ4v) is 2.61. The molecule has 1 heterocycles. The number of hydrogen-bond donors (Lipinski definition) is 1. The number of hydrogen-bond acceptors (Lipinski definition) is 2. The van der Waals surface area contributed by atoms with Gasteiger partial charge in [-0.05, 0) is 68.6 Å². The summed E-state index contributed by atoms with van der Waals surface area (Å²) in [5.41, 5.74) is 7.44. The van der Waals surface area contributed by atoms with Gasteiger partial charge in [0.15, 0.2) is 0 Å². The third-order valence-corrected chi connectivity index (χ3v) is 3.71. The van der Waals surface area contributed by atoms with E-state index in [9.17, 15) is 0 Å². The standard InChI is InChI=1S/C18H24N2/c1-6-19-18(16-8-7-12(2)13(3)9-16)17-10-14(4)20-15(5)11-17/h7-11,18-19H,6H2,1-5H3. The molecule has 0 spiro atoms. The minimum absolute atomic E-state index is 0.236. The molecule has 1 aromatic heterocycles. The average Bonchev–Trinajstić information content (AvgIpc) is 2.38. The molecule has 0 aliphatic heterocycles. The molecule has 1 unspecified atom stereocenters. The van der Waals surface area contributed by atoms with Crippen LogP contribution in [0.5, 0.6) is 0 Å². The zero-order valence-electron chi connectivity index (χ0n) is 13.1. The molecule has 1 atom stereocenters. The summed E-state index contributed by atoms with van der Waals surface area (Å²) in [5.74, 6) is 0. The first kappa shape index (κ1) is 14.7. The minimum Gasteiger partial charge on any atom is -0.307 e. The molecule has 2 rings (SSSR count). The normalized spacial score (nSPS) is 12.4. The number of pyridine rings is 1. The van der Waals surface area contributed by atoms with Crippen LogP contribution in [0.15, 0.2) is 30.3 Å². The second-order valence-electron chi connectivity index (χ2n) is 5.52. The van der Waals surface area contributed by atoms with Gasteiger partial charge in [0.05, 0.1) is 6.04 Å². The van der Waals surface area contributed by atoms with Crippen molar-refractivity contribution in [1.82, 2.24) is 10.3 Å². The first-order chi connectivity index (χ1) is 9.51. The monoisotopic (exact) mass is 268 g/mol. The summed E-state index contributed by atoms with van der Waals surface area (Å²) in [6, 6.07) is 11.3. The van der Waals surface area contributed by atoms with E-state index in [1.807, 2.05) is 0 Å². The van der Waals surface area contributed by atoms with E-state index in [4.69, 9.17) is 0 Å². The van der Waals surface area contributed by atoms with Crippen molar-refractivity contribution in [3.63, 3.8) is 0 Å². The lowest BCUT2D eigenvalue weighted by atomic mass is 9.95. The molecule has 2 aromatic rings. The average molecular weight is 268 g/mol. The first-order valence-corrected chi connectivity index (χ1v) is 7.27. The maximum Gasteiger partial charge on any atom is 0.0578 e. The Bertz CT molecular complexity index is 582. The van der Waals surface area contributed by atoms with Gasteiger partial charge in [-0.25, -0.2) is 0 Å². The maximum absolute atomic E-state index is 4.47. The molecule has 0 amide bonds. The Kier molecular flexibility index (Phi) is 4.56. The zero-order valence-corrected chi connectivity index (χ0v) is 13.1. The Morgan fingerprint density at radius 3 is 2.10 bits per heavy atom. The van der Waals surface area contributed by atoms with Crippen LogP contribution in [0.3, 0.4) is 0 Å².